The second-order valence-electron chi connectivity index (χ2n) is 6.01. The fourth-order valence-corrected chi connectivity index (χ4v) is 4.95. The van der Waals surface area contributed by atoms with E-state index in [1.807, 2.05) is 6.07 Å². The molecule has 6 heteroatoms. The van der Waals surface area contributed by atoms with Gasteiger partial charge in [0.25, 0.3) is 0 Å². The Morgan fingerprint density at radius 2 is 2.00 bits per heavy atom. The van der Waals surface area contributed by atoms with Crippen molar-refractivity contribution in [2.24, 2.45) is 5.92 Å². The van der Waals surface area contributed by atoms with Crippen LogP contribution in [0.15, 0.2) is 23.1 Å². The van der Waals surface area contributed by atoms with E-state index in [0.717, 1.165) is 24.8 Å². The molecule has 0 amide bonds. The molecule has 1 aromatic carbocycles. The van der Waals surface area contributed by atoms with E-state index in [1.165, 1.54) is 17.0 Å². The number of sulfonamides is 1. The van der Waals surface area contributed by atoms with Crippen molar-refractivity contribution in [3.63, 3.8) is 0 Å². The first kappa shape index (κ1) is 15.5. The number of benzene rings is 1. The summed E-state index contributed by atoms with van der Waals surface area (Å²) in [5, 5.41) is 0. The van der Waals surface area contributed by atoms with Gasteiger partial charge in [0.1, 0.15) is 0 Å². The molecule has 2 aliphatic rings. The van der Waals surface area contributed by atoms with E-state index in [0.29, 0.717) is 24.3 Å². The molecule has 1 aliphatic carbocycles. The van der Waals surface area contributed by atoms with Gasteiger partial charge in [-0.2, -0.15) is 4.31 Å². The van der Waals surface area contributed by atoms with Gasteiger partial charge in [0.2, 0.25) is 10.0 Å². The summed E-state index contributed by atoms with van der Waals surface area (Å²) in [6.45, 7) is 0.680. The normalized spacial score (nSPS) is 22.3. The average molecular weight is 323 g/mol. The molecule has 1 heterocycles. The Balaban J connectivity index is 1.84. The number of ether oxygens (including phenoxy) is 1. The number of esters is 1. The van der Waals surface area contributed by atoms with Crippen LogP contribution in [0.1, 0.15) is 30.4 Å². The molecule has 1 aromatic rings. The van der Waals surface area contributed by atoms with Gasteiger partial charge in [0, 0.05) is 13.1 Å². The van der Waals surface area contributed by atoms with Crippen LogP contribution in [-0.2, 0) is 32.4 Å². The van der Waals surface area contributed by atoms with Crippen LogP contribution in [0.25, 0.3) is 0 Å². The molecule has 0 N–H and O–H groups in total. The fourth-order valence-electron chi connectivity index (χ4n) is 3.38. The molecule has 0 spiro atoms. The zero-order valence-corrected chi connectivity index (χ0v) is 13.6. The minimum atomic E-state index is -3.53. The Bertz CT molecular complexity index is 683. The molecular weight excluding hydrogens is 302 g/mol. The van der Waals surface area contributed by atoms with E-state index < -0.39 is 10.0 Å². The Morgan fingerprint density at radius 3 is 2.77 bits per heavy atom. The quantitative estimate of drug-likeness (QED) is 0.795. The van der Waals surface area contributed by atoms with Crippen molar-refractivity contribution in [3.05, 3.63) is 29.3 Å². The highest BCUT2D eigenvalue weighted by Crippen LogP contribution is 2.28. The number of rotatable bonds is 3. The molecular formula is C16H21NO4S. The lowest BCUT2D eigenvalue weighted by Gasteiger charge is -2.30. The minimum Gasteiger partial charge on any atom is -0.469 e. The lowest BCUT2D eigenvalue weighted by atomic mass is 10.0. The van der Waals surface area contributed by atoms with Crippen molar-refractivity contribution in [2.75, 3.05) is 20.2 Å². The summed E-state index contributed by atoms with van der Waals surface area (Å²) >= 11 is 0. The predicted molar refractivity (Wildman–Crippen MR) is 82.0 cm³/mol. The first-order valence-corrected chi connectivity index (χ1v) is 9.16. The van der Waals surface area contributed by atoms with E-state index in [4.69, 9.17) is 4.74 Å². The maximum Gasteiger partial charge on any atom is 0.309 e. The van der Waals surface area contributed by atoms with Crippen molar-refractivity contribution < 1.29 is 17.9 Å². The maximum atomic E-state index is 12.8. The van der Waals surface area contributed by atoms with Crippen LogP contribution in [-0.4, -0.2) is 38.9 Å². The van der Waals surface area contributed by atoms with Crippen LogP contribution in [0.4, 0.5) is 0 Å². The van der Waals surface area contributed by atoms with Crippen LogP contribution < -0.4 is 0 Å². The second-order valence-corrected chi connectivity index (χ2v) is 7.95. The van der Waals surface area contributed by atoms with Crippen LogP contribution in [0.5, 0.6) is 0 Å². The summed E-state index contributed by atoms with van der Waals surface area (Å²) in [6.07, 6.45) is 4.44. The smallest absolute Gasteiger partial charge is 0.309 e. The first-order chi connectivity index (χ1) is 10.5. The SMILES string of the molecule is COC(=O)[C@H]1CCCN(S(=O)(=O)c2ccc3c(c2)CCC3)C1. The summed E-state index contributed by atoms with van der Waals surface area (Å²) in [5.41, 5.74) is 2.40. The van der Waals surface area contributed by atoms with Crippen molar-refractivity contribution in [2.45, 2.75) is 37.0 Å². The molecule has 120 valence electrons. The lowest BCUT2D eigenvalue weighted by molar-refractivity contribution is -0.146. The van der Waals surface area contributed by atoms with Crippen molar-refractivity contribution >= 4 is 16.0 Å². The van der Waals surface area contributed by atoms with Crippen LogP contribution in [0.2, 0.25) is 0 Å². The summed E-state index contributed by atoms with van der Waals surface area (Å²) in [6, 6.07) is 5.43. The number of nitrogens with zero attached hydrogens (tertiary/aromatic N) is 1. The molecule has 0 aromatic heterocycles. The number of hydrogen-bond donors (Lipinski definition) is 0. The number of aryl methyl sites for hydroxylation is 2. The van der Waals surface area contributed by atoms with E-state index in [9.17, 15) is 13.2 Å². The first-order valence-electron chi connectivity index (χ1n) is 7.72. The molecule has 1 fully saturated rings. The van der Waals surface area contributed by atoms with Crippen LogP contribution >= 0.6 is 0 Å². The number of methoxy groups -OCH3 is 1. The van der Waals surface area contributed by atoms with Gasteiger partial charge in [0.15, 0.2) is 0 Å². The fraction of sp³-hybridized carbons (Fsp3) is 0.562. The van der Waals surface area contributed by atoms with Gasteiger partial charge in [-0.15, -0.1) is 0 Å². The highest BCUT2D eigenvalue weighted by molar-refractivity contribution is 7.89. The molecule has 1 aliphatic heterocycles. The minimum absolute atomic E-state index is 0.214. The average Bonchev–Trinajstić information content (AvgIpc) is 3.01. The van der Waals surface area contributed by atoms with Gasteiger partial charge >= 0.3 is 5.97 Å². The molecule has 0 bridgehead atoms. The van der Waals surface area contributed by atoms with Gasteiger partial charge in [-0.25, -0.2) is 8.42 Å². The third-order valence-corrected chi connectivity index (χ3v) is 6.49. The summed E-state index contributed by atoms with van der Waals surface area (Å²) in [5.74, 6) is -0.684. The number of hydrogen-bond acceptors (Lipinski definition) is 4. The highest BCUT2D eigenvalue weighted by atomic mass is 32.2. The maximum absolute atomic E-state index is 12.8. The Morgan fingerprint density at radius 1 is 1.23 bits per heavy atom. The number of carbonyl (C=O) groups excluding carboxylic acids is 1. The molecule has 5 nitrogen and oxygen atoms in total. The number of piperidine rings is 1. The van der Waals surface area contributed by atoms with Gasteiger partial charge < -0.3 is 4.74 Å². The highest BCUT2D eigenvalue weighted by Gasteiger charge is 2.34. The van der Waals surface area contributed by atoms with Gasteiger partial charge in [-0.3, -0.25) is 4.79 Å². The zero-order valence-electron chi connectivity index (χ0n) is 12.7. The van der Waals surface area contributed by atoms with Crippen molar-refractivity contribution in [1.82, 2.24) is 4.31 Å². The molecule has 3 rings (SSSR count). The van der Waals surface area contributed by atoms with Crippen molar-refractivity contribution in [1.29, 1.82) is 0 Å². The van der Waals surface area contributed by atoms with E-state index in [1.54, 1.807) is 12.1 Å². The number of carbonyl (C=O) groups is 1. The predicted octanol–water partition coefficient (Wildman–Crippen LogP) is 1.75. The molecule has 0 saturated carbocycles. The summed E-state index contributed by atoms with van der Waals surface area (Å²) < 4.78 is 31.8. The number of fused-ring (bicyclic) bond motifs is 1. The van der Waals surface area contributed by atoms with Gasteiger partial charge in [-0.05, 0) is 55.4 Å². The molecule has 1 saturated heterocycles. The largest absolute Gasteiger partial charge is 0.469 e. The molecule has 1 atom stereocenters. The second kappa shape index (κ2) is 6.01. The Hall–Kier alpha value is -1.40. The molecule has 0 radical (unpaired) electrons. The summed E-state index contributed by atoms with van der Waals surface area (Å²) in [7, 11) is -2.19. The van der Waals surface area contributed by atoms with E-state index in [2.05, 4.69) is 0 Å². The molecule has 22 heavy (non-hydrogen) atoms. The topological polar surface area (TPSA) is 63.7 Å². The Labute approximate surface area is 131 Å². The standard InChI is InChI=1S/C16H21NO4S/c1-21-16(18)14-6-3-9-17(11-14)22(19,20)15-8-7-12-4-2-5-13(12)10-15/h7-8,10,14H,2-6,9,11H2,1H3/t14-/m0/s1. The zero-order chi connectivity index (χ0) is 15.7. The van der Waals surface area contributed by atoms with Crippen LogP contribution in [0.3, 0.4) is 0 Å². The van der Waals surface area contributed by atoms with Gasteiger partial charge in [-0.1, -0.05) is 6.07 Å². The van der Waals surface area contributed by atoms with Crippen molar-refractivity contribution in [3.8, 4) is 0 Å². The lowest BCUT2D eigenvalue weighted by Crippen LogP contribution is -2.42. The van der Waals surface area contributed by atoms with Crippen LogP contribution in [0, 0.1) is 5.92 Å². The summed E-state index contributed by atoms with van der Waals surface area (Å²) in [4.78, 5) is 12.0. The van der Waals surface area contributed by atoms with E-state index >= 15 is 0 Å². The van der Waals surface area contributed by atoms with E-state index in [-0.39, 0.29) is 18.4 Å². The molecule has 0 unspecified atom stereocenters. The third-order valence-electron chi connectivity index (χ3n) is 4.63. The van der Waals surface area contributed by atoms with Gasteiger partial charge in [0.05, 0.1) is 17.9 Å². The monoisotopic (exact) mass is 323 g/mol. The Kier molecular flexibility index (Phi) is 4.23. The third kappa shape index (κ3) is 2.77.